The van der Waals surface area contributed by atoms with Crippen LogP contribution in [0.1, 0.15) is 15.9 Å². The maximum Gasteiger partial charge on any atom is 0.255 e. The van der Waals surface area contributed by atoms with E-state index in [2.05, 4.69) is 43.7 Å². The lowest BCUT2D eigenvalue weighted by molar-refractivity contribution is 0.0954. The first-order chi connectivity index (χ1) is 12.2. The van der Waals surface area contributed by atoms with Crippen LogP contribution in [0.4, 0.5) is 11.5 Å². The number of benzene rings is 2. The summed E-state index contributed by atoms with van der Waals surface area (Å²) in [4.78, 5) is 16.8. The van der Waals surface area contributed by atoms with Gasteiger partial charge in [0.15, 0.2) is 0 Å². The number of aromatic nitrogens is 1. The third-order valence-electron chi connectivity index (χ3n) is 3.72. The zero-order valence-corrected chi connectivity index (χ0v) is 15.2. The van der Waals surface area contributed by atoms with Gasteiger partial charge in [-0.3, -0.25) is 4.79 Å². The van der Waals surface area contributed by atoms with Crippen LogP contribution in [0.15, 0.2) is 77.4 Å². The summed E-state index contributed by atoms with van der Waals surface area (Å²) in [6.07, 6.45) is 2.46. The monoisotopic (exact) mass is 395 g/mol. The summed E-state index contributed by atoms with van der Waals surface area (Å²) in [5, 5.41) is 6.17. The van der Waals surface area contributed by atoms with Crippen LogP contribution in [0.3, 0.4) is 0 Å². The highest BCUT2D eigenvalue weighted by Crippen LogP contribution is 2.25. The van der Waals surface area contributed by atoms with E-state index in [4.69, 9.17) is 0 Å². The molecule has 5 heteroatoms. The summed E-state index contributed by atoms with van der Waals surface area (Å²) in [7, 11) is 0. The number of halogens is 1. The van der Waals surface area contributed by atoms with E-state index in [0.29, 0.717) is 17.9 Å². The number of carbonyl (C=O) groups excluding carboxylic acids is 1. The highest BCUT2D eigenvalue weighted by atomic mass is 79.9. The average molecular weight is 396 g/mol. The van der Waals surface area contributed by atoms with Gasteiger partial charge >= 0.3 is 0 Å². The second-order valence-electron chi connectivity index (χ2n) is 5.50. The molecule has 1 heterocycles. The van der Waals surface area contributed by atoms with E-state index in [-0.39, 0.29) is 5.91 Å². The molecule has 3 rings (SSSR count). The summed E-state index contributed by atoms with van der Waals surface area (Å²) < 4.78 is 0.913. The highest BCUT2D eigenvalue weighted by molar-refractivity contribution is 9.10. The van der Waals surface area contributed by atoms with Crippen molar-refractivity contribution in [1.29, 1.82) is 0 Å². The van der Waals surface area contributed by atoms with E-state index in [1.165, 1.54) is 5.56 Å². The Bertz CT molecular complexity index is 852. The van der Waals surface area contributed by atoms with Crippen LogP contribution < -0.4 is 10.6 Å². The summed E-state index contributed by atoms with van der Waals surface area (Å²) in [6, 6.07) is 21.3. The van der Waals surface area contributed by atoms with Gasteiger partial charge in [0.25, 0.3) is 5.91 Å². The molecule has 25 heavy (non-hydrogen) atoms. The Morgan fingerprint density at radius 3 is 2.52 bits per heavy atom. The molecular formula is C20H18BrN3O. The molecule has 126 valence electrons. The van der Waals surface area contributed by atoms with Gasteiger partial charge in [-0.15, -0.1) is 0 Å². The first-order valence-electron chi connectivity index (χ1n) is 8.03. The molecule has 0 spiro atoms. The Hall–Kier alpha value is -2.66. The fraction of sp³-hybridized carbons (Fsp3) is 0.100. The number of hydrogen-bond donors (Lipinski definition) is 2. The van der Waals surface area contributed by atoms with Gasteiger partial charge in [-0.25, -0.2) is 4.98 Å². The van der Waals surface area contributed by atoms with Gasteiger partial charge in [0.05, 0.1) is 11.3 Å². The van der Waals surface area contributed by atoms with Crippen molar-refractivity contribution in [2.75, 3.05) is 11.9 Å². The number of para-hydroxylation sites is 1. The number of hydrogen-bond acceptors (Lipinski definition) is 3. The smallest absolute Gasteiger partial charge is 0.255 e. The molecule has 2 aromatic carbocycles. The van der Waals surface area contributed by atoms with Crippen LogP contribution in [-0.2, 0) is 6.42 Å². The minimum Gasteiger partial charge on any atom is -0.352 e. The van der Waals surface area contributed by atoms with Crippen LogP contribution in [-0.4, -0.2) is 17.4 Å². The van der Waals surface area contributed by atoms with Crippen LogP contribution >= 0.6 is 15.9 Å². The molecule has 1 amide bonds. The summed E-state index contributed by atoms with van der Waals surface area (Å²) in [5.74, 6) is 0.394. The first kappa shape index (κ1) is 17.2. The van der Waals surface area contributed by atoms with Crippen LogP contribution in [0.5, 0.6) is 0 Å². The van der Waals surface area contributed by atoms with Gasteiger partial charge < -0.3 is 10.6 Å². The molecule has 0 radical (unpaired) electrons. The molecule has 0 aliphatic rings. The van der Waals surface area contributed by atoms with Gasteiger partial charge in [-0.05, 0) is 52.2 Å². The van der Waals surface area contributed by atoms with Gasteiger partial charge in [0, 0.05) is 17.2 Å². The summed E-state index contributed by atoms with van der Waals surface area (Å²) in [6.45, 7) is 0.576. The second kappa shape index (κ2) is 8.44. The topological polar surface area (TPSA) is 54.0 Å². The van der Waals surface area contributed by atoms with Crippen molar-refractivity contribution in [2.24, 2.45) is 0 Å². The third kappa shape index (κ3) is 4.67. The fourth-order valence-electron chi connectivity index (χ4n) is 2.44. The Kier molecular flexibility index (Phi) is 5.80. The highest BCUT2D eigenvalue weighted by Gasteiger charge is 2.12. The fourth-order valence-corrected chi connectivity index (χ4v) is 2.82. The molecule has 0 atom stereocenters. The molecular weight excluding hydrogens is 378 g/mol. The molecule has 0 aliphatic carbocycles. The Labute approximate surface area is 155 Å². The van der Waals surface area contributed by atoms with Crippen LogP contribution in [0, 0.1) is 0 Å². The predicted octanol–water partition coefficient (Wildman–Crippen LogP) is 4.56. The molecule has 0 saturated carbocycles. The van der Waals surface area contributed by atoms with Gasteiger partial charge in [0.2, 0.25) is 0 Å². The number of anilines is 2. The lowest BCUT2D eigenvalue weighted by atomic mass is 10.1. The standard InChI is InChI=1S/C20H18BrN3O/c21-17-10-4-5-11-18(17)24-19-16(9-6-13-22-19)20(25)23-14-12-15-7-2-1-3-8-15/h1-11,13H,12,14H2,(H,22,24)(H,23,25). The van der Waals surface area contributed by atoms with Crippen molar-refractivity contribution < 1.29 is 4.79 Å². The normalized spacial score (nSPS) is 10.3. The zero-order valence-electron chi connectivity index (χ0n) is 13.6. The Morgan fingerprint density at radius 1 is 0.960 bits per heavy atom. The molecule has 0 unspecified atom stereocenters. The molecule has 0 aliphatic heterocycles. The number of pyridine rings is 1. The summed E-state index contributed by atoms with van der Waals surface area (Å²) in [5.41, 5.74) is 2.58. The maximum atomic E-state index is 12.5. The van der Waals surface area contributed by atoms with Crippen molar-refractivity contribution in [2.45, 2.75) is 6.42 Å². The number of carbonyl (C=O) groups is 1. The van der Waals surface area contributed by atoms with Crippen molar-refractivity contribution in [3.63, 3.8) is 0 Å². The minimum absolute atomic E-state index is 0.140. The molecule has 0 bridgehead atoms. The number of nitrogens with zero attached hydrogens (tertiary/aromatic N) is 1. The van der Waals surface area contributed by atoms with E-state index in [1.54, 1.807) is 18.3 Å². The average Bonchev–Trinajstić information content (AvgIpc) is 2.65. The van der Waals surface area contributed by atoms with E-state index in [9.17, 15) is 4.79 Å². The molecule has 0 fully saturated rings. The predicted molar refractivity (Wildman–Crippen MR) is 104 cm³/mol. The Balaban J connectivity index is 1.67. The van der Waals surface area contributed by atoms with E-state index in [0.717, 1.165) is 16.6 Å². The van der Waals surface area contributed by atoms with Crippen molar-refractivity contribution in [3.05, 3.63) is 88.5 Å². The number of rotatable bonds is 6. The van der Waals surface area contributed by atoms with E-state index >= 15 is 0 Å². The third-order valence-corrected chi connectivity index (χ3v) is 4.41. The van der Waals surface area contributed by atoms with Gasteiger partial charge in [0.1, 0.15) is 5.82 Å². The molecule has 0 saturated heterocycles. The summed E-state index contributed by atoms with van der Waals surface area (Å²) >= 11 is 3.49. The Morgan fingerprint density at radius 2 is 1.72 bits per heavy atom. The second-order valence-corrected chi connectivity index (χ2v) is 6.35. The minimum atomic E-state index is -0.140. The van der Waals surface area contributed by atoms with Gasteiger partial charge in [-0.2, -0.15) is 0 Å². The maximum absolute atomic E-state index is 12.5. The SMILES string of the molecule is O=C(NCCc1ccccc1)c1cccnc1Nc1ccccc1Br. The zero-order chi connectivity index (χ0) is 17.5. The van der Waals surface area contributed by atoms with Crippen LogP contribution in [0.2, 0.25) is 0 Å². The van der Waals surface area contributed by atoms with Crippen LogP contribution in [0.25, 0.3) is 0 Å². The quantitative estimate of drug-likeness (QED) is 0.642. The number of amides is 1. The van der Waals surface area contributed by atoms with Crippen molar-refractivity contribution >= 4 is 33.3 Å². The molecule has 3 aromatic rings. The molecule has 1 aromatic heterocycles. The van der Waals surface area contributed by atoms with Crippen molar-refractivity contribution in [1.82, 2.24) is 10.3 Å². The van der Waals surface area contributed by atoms with Crippen molar-refractivity contribution in [3.8, 4) is 0 Å². The first-order valence-corrected chi connectivity index (χ1v) is 8.82. The molecule has 4 nitrogen and oxygen atoms in total. The number of nitrogens with one attached hydrogen (secondary N) is 2. The lowest BCUT2D eigenvalue weighted by Crippen LogP contribution is -2.26. The van der Waals surface area contributed by atoms with Gasteiger partial charge in [-0.1, -0.05) is 42.5 Å². The lowest BCUT2D eigenvalue weighted by Gasteiger charge is -2.12. The largest absolute Gasteiger partial charge is 0.352 e. The van der Waals surface area contributed by atoms with E-state index in [1.807, 2.05) is 42.5 Å². The van der Waals surface area contributed by atoms with E-state index < -0.39 is 0 Å². The molecule has 2 N–H and O–H groups in total.